The highest BCUT2D eigenvalue weighted by molar-refractivity contribution is 5.26. The molecule has 1 nitrogen and oxygen atoms in total. The molecule has 86 valence electrons. The number of halogens is 1. The first-order valence-corrected chi connectivity index (χ1v) is 6.06. The molecular formula is C13H22FN. The monoisotopic (exact) mass is 211 g/mol. The first-order chi connectivity index (χ1) is 7.01. The Morgan fingerprint density at radius 1 is 1.53 bits per heavy atom. The molecule has 1 saturated carbocycles. The molecule has 2 atom stereocenters. The Morgan fingerprint density at radius 3 is 2.80 bits per heavy atom. The fraction of sp³-hybridized carbons (Fsp3) is 0.846. The summed E-state index contributed by atoms with van der Waals surface area (Å²) >= 11 is 0. The van der Waals surface area contributed by atoms with Crippen molar-refractivity contribution in [3.63, 3.8) is 0 Å². The van der Waals surface area contributed by atoms with Crippen molar-refractivity contribution in [3.05, 3.63) is 12.7 Å². The van der Waals surface area contributed by atoms with Crippen molar-refractivity contribution in [2.45, 2.75) is 38.8 Å². The minimum atomic E-state index is -1.05. The predicted octanol–water partition coefficient (Wildman–Crippen LogP) is 3.02. The number of nitrogens with zero attached hydrogens (tertiary/aromatic N) is 1. The van der Waals surface area contributed by atoms with Gasteiger partial charge in [-0.2, -0.15) is 0 Å². The van der Waals surface area contributed by atoms with Crippen LogP contribution >= 0.6 is 0 Å². The van der Waals surface area contributed by atoms with E-state index in [1.165, 1.54) is 6.08 Å². The molecule has 2 rings (SSSR count). The fourth-order valence-electron chi connectivity index (χ4n) is 3.12. The molecule has 0 aromatic heterocycles. The van der Waals surface area contributed by atoms with Gasteiger partial charge in [-0.1, -0.05) is 26.5 Å². The summed E-state index contributed by atoms with van der Waals surface area (Å²) in [4.78, 5) is 2.43. The van der Waals surface area contributed by atoms with Crippen LogP contribution in [-0.2, 0) is 0 Å². The van der Waals surface area contributed by atoms with E-state index in [9.17, 15) is 4.39 Å². The van der Waals surface area contributed by atoms with Gasteiger partial charge in [0.05, 0.1) is 0 Å². The van der Waals surface area contributed by atoms with Crippen LogP contribution in [0, 0.1) is 11.3 Å². The highest BCUT2D eigenvalue weighted by Gasteiger charge is 2.67. The van der Waals surface area contributed by atoms with Crippen LogP contribution in [0.5, 0.6) is 0 Å². The second-order valence-electron chi connectivity index (χ2n) is 5.76. The van der Waals surface area contributed by atoms with Crippen molar-refractivity contribution in [2.75, 3.05) is 19.6 Å². The van der Waals surface area contributed by atoms with Gasteiger partial charge in [0.15, 0.2) is 0 Å². The van der Waals surface area contributed by atoms with Gasteiger partial charge in [-0.15, -0.1) is 0 Å². The Balaban J connectivity index is 1.97. The number of likely N-dealkylation sites (tertiary alicyclic amines) is 1. The average molecular weight is 211 g/mol. The van der Waals surface area contributed by atoms with Crippen LogP contribution in [-0.4, -0.2) is 30.2 Å². The summed E-state index contributed by atoms with van der Waals surface area (Å²) in [6, 6.07) is 0. The van der Waals surface area contributed by atoms with Crippen LogP contribution in [0.2, 0.25) is 0 Å². The fourth-order valence-corrected chi connectivity index (χ4v) is 3.12. The minimum Gasteiger partial charge on any atom is -0.302 e. The molecule has 15 heavy (non-hydrogen) atoms. The SMILES string of the molecule is C=CC1(F)CC12CCCN(CC(C)C)C2. The topological polar surface area (TPSA) is 3.24 Å². The molecule has 2 fully saturated rings. The molecule has 0 aromatic rings. The van der Waals surface area contributed by atoms with Gasteiger partial charge >= 0.3 is 0 Å². The number of hydrogen-bond acceptors (Lipinski definition) is 1. The quantitative estimate of drug-likeness (QED) is 0.649. The van der Waals surface area contributed by atoms with Gasteiger partial charge in [0.25, 0.3) is 0 Å². The maximum Gasteiger partial charge on any atom is 0.136 e. The van der Waals surface area contributed by atoms with Crippen molar-refractivity contribution >= 4 is 0 Å². The Kier molecular flexibility index (Phi) is 2.66. The van der Waals surface area contributed by atoms with E-state index < -0.39 is 5.67 Å². The molecule has 1 saturated heterocycles. The number of hydrogen-bond donors (Lipinski definition) is 0. The van der Waals surface area contributed by atoms with Gasteiger partial charge in [0, 0.05) is 18.5 Å². The van der Waals surface area contributed by atoms with E-state index in [4.69, 9.17) is 0 Å². The average Bonchev–Trinajstić information content (AvgIpc) is 2.70. The van der Waals surface area contributed by atoms with Gasteiger partial charge in [0.1, 0.15) is 5.67 Å². The van der Waals surface area contributed by atoms with Crippen molar-refractivity contribution in [1.82, 2.24) is 4.90 Å². The summed E-state index contributed by atoms with van der Waals surface area (Å²) in [7, 11) is 0. The standard InChI is InChI=1S/C13H22FN/c1-4-13(14)9-12(13)6-5-7-15(10-12)8-11(2)3/h4,11H,1,5-10H2,2-3H3. The lowest BCUT2D eigenvalue weighted by Crippen LogP contribution is -2.41. The second kappa shape index (κ2) is 3.58. The summed E-state index contributed by atoms with van der Waals surface area (Å²) in [5.41, 5.74) is -1.12. The van der Waals surface area contributed by atoms with Crippen molar-refractivity contribution in [2.24, 2.45) is 11.3 Å². The highest BCUT2D eigenvalue weighted by atomic mass is 19.1. The van der Waals surface area contributed by atoms with Crippen LogP contribution in [0.4, 0.5) is 4.39 Å². The Morgan fingerprint density at radius 2 is 2.27 bits per heavy atom. The lowest BCUT2D eigenvalue weighted by atomic mass is 9.91. The Hall–Kier alpha value is -0.370. The summed E-state index contributed by atoms with van der Waals surface area (Å²) in [5.74, 6) is 0.677. The first-order valence-electron chi connectivity index (χ1n) is 6.06. The van der Waals surface area contributed by atoms with Crippen molar-refractivity contribution in [3.8, 4) is 0 Å². The predicted molar refractivity (Wildman–Crippen MR) is 61.6 cm³/mol. The summed E-state index contributed by atoms with van der Waals surface area (Å²) < 4.78 is 14.1. The van der Waals surface area contributed by atoms with Crippen LogP contribution in [0.3, 0.4) is 0 Å². The Labute approximate surface area is 92.3 Å². The molecule has 0 radical (unpaired) electrons. The van der Waals surface area contributed by atoms with Crippen molar-refractivity contribution in [1.29, 1.82) is 0 Å². The lowest BCUT2D eigenvalue weighted by molar-refractivity contribution is 0.113. The minimum absolute atomic E-state index is 0.0676. The zero-order valence-electron chi connectivity index (χ0n) is 9.93. The Bertz CT molecular complexity index is 263. The van der Waals surface area contributed by atoms with Gasteiger partial charge in [-0.05, 0) is 31.7 Å². The first kappa shape index (κ1) is 11.1. The molecule has 0 amide bonds. The van der Waals surface area contributed by atoms with Gasteiger partial charge in [-0.25, -0.2) is 4.39 Å². The van der Waals surface area contributed by atoms with Gasteiger partial charge in [0.2, 0.25) is 0 Å². The van der Waals surface area contributed by atoms with Crippen LogP contribution in [0.25, 0.3) is 0 Å². The molecule has 2 unspecified atom stereocenters. The maximum absolute atomic E-state index is 14.1. The van der Waals surface area contributed by atoms with Gasteiger partial charge in [-0.3, -0.25) is 0 Å². The van der Waals surface area contributed by atoms with E-state index >= 15 is 0 Å². The number of rotatable bonds is 3. The van der Waals surface area contributed by atoms with E-state index in [-0.39, 0.29) is 5.41 Å². The molecule has 0 aromatic carbocycles. The lowest BCUT2D eigenvalue weighted by Gasteiger charge is -2.35. The number of alkyl halides is 1. The van der Waals surface area contributed by atoms with Crippen molar-refractivity contribution < 1.29 is 4.39 Å². The maximum atomic E-state index is 14.1. The van der Waals surface area contributed by atoms with Crippen LogP contribution in [0.1, 0.15) is 33.1 Å². The second-order valence-corrected chi connectivity index (χ2v) is 5.76. The van der Waals surface area contributed by atoms with E-state index in [1.54, 1.807) is 0 Å². The summed E-state index contributed by atoms with van der Waals surface area (Å²) in [6.07, 6.45) is 4.43. The third-order valence-corrected chi connectivity index (χ3v) is 3.96. The normalized spacial score (nSPS) is 41.1. The third kappa shape index (κ3) is 1.84. The zero-order valence-corrected chi connectivity index (χ0v) is 9.93. The number of piperidine rings is 1. The third-order valence-electron chi connectivity index (χ3n) is 3.96. The molecule has 1 aliphatic heterocycles. The summed E-state index contributed by atoms with van der Waals surface area (Å²) in [5, 5.41) is 0. The smallest absolute Gasteiger partial charge is 0.136 e. The highest BCUT2D eigenvalue weighted by Crippen LogP contribution is 2.64. The largest absolute Gasteiger partial charge is 0.302 e. The number of allylic oxidation sites excluding steroid dienone is 1. The molecule has 1 spiro atoms. The van der Waals surface area contributed by atoms with Crippen LogP contribution < -0.4 is 0 Å². The summed E-state index contributed by atoms with van der Waals surface area (Å²) in [6.45, 7) is 11.3. The van der Waals surface area contributed by atoms with E-state index in [2.05, 4.69) is 25.3 Å². The van der Waals surface area contributed by atoms with Gasteiger partial charge < -0.3 is 4.90 Å². The molecule has 2 heteroatoms. The molecule has 1 aliphatic carbocycles. The molecule has 0 N–H and O–H groups in total. The van der Waals surface area contributed by atoms with Crippen LogP contribution in [0.15, 0.2) is 12.7 Å². The van der Waals surface area contributed by atoms with E-state index in [1.807, 2.05) is 0 Å². The molecular weight excluding hydrogens is 189 g/mol. The molecule has 2 aliphatic rings. The van der Waals surface area contributed by atoms with E-state index in [0.29, 0.717) is 12.3 Å². The van der Waals surface area contributed by atoms with E-state index in [0.717, 1.165) is 32.5 Å². The zero-order chi connectivity index (χ0) is 11.1. The molecule has 1 heterocycles. The molecule has 0 bridgehead atoms.